The Balaban J connectivity index is 1.85. The van der Waals surface area contributed by atoms with Crippen LogP contribution < -0.4 is 9.47 Å². The van der Waals surface area contributed by atoms with Crippen molar-refractivity contribution in [3.05, 3.63) is 23.8 Å². The number of esters is 1. The number of rotatable bonds is 11. The highest BCUT2D eigenvalue weighted by Gasteiger charge is 2.28. The molecule has 5 heteroatoms. The van der Waals surface area contributed by atoms with Gasteiger partial charge in [-0.3, -0.25) is 4.79 Å². The van der Waals surface area contributed by atoms with Crippen LogP contribution in [-0.2, 0) is 4.79 Å². The second-order valence-corrected chi connectivity index (χ2v) is 7.88. The summed E-state index contributed by atoms with van der Waals surface area (Å²) in [6.07, 6.45) is 11.1. The van der Waals surface area contributed by atoms with Crippen molar-refractivity contribution in [3.63, 3.8) is 0 Å². The van der Waals surface area contributed by atoms with E-state index in [1.165, 1.54) is 31.4 Å². The highest BCUT2D eigenvalue weighted by molar-refractivity contribution is 5.75. The molecule has 1 aliphatic carbocycles. The Morgan fingerprint density at radius 1 is 0.929 bits per heavy atom. The lowest BCUT2D eigenvalue weighted by atomic mass is 9.80. The summed E-state index contributed by atoms with van der Waals surface area (Å²) in [4.78, 5) is 12.4. The SMILES string of the molecule is CCCCCCOc1ccc(OC(=O)C2CCC(CCCC)CC2)c(F)c1F. The smallest absolute Gasteiger partial charge is 0.314 e. The van der Waals surface area contributed by atoms with Gasteiger partial charge in [0.1, 0.15) is 0 Å². The first-order valence-corrected chi connectivity index (χ1v) is 10.9. The van der Waals surface area contributed by atoms with E-state index >= 15 is 0 Å². The van der Waals surface area contributed by atoms with Crippen molar-refractivity contribution in [2.24, 2.45) is 11.8 Å². The van der Waals surface area contributed by atoms with E-state index in [2.05, 4.69) is 13.8 Å². The molecular formula is C23H34F2O3. The molecule has 0 saturated heterocycles. The van der Waals surface area contributed by atoms with Crippen LogP contribution in [0.2, 0.25) is 0 Å². The van der Waals surface area contributed by atoms with Crippen molar-refractivity contribution in [1.29, 1.82) is 0 Å². The second kappa shape index (κ2) is 12.0. The zero-order chi connectivity index (χ0) is 20.4. The van der Waals surface area contributed by atoms with Gasteiger partial charge in [-0.05, 0) is 50.2 Å². The third-order valence-corrected chi connectivity index (χ3v) is 5.62. The molecule has 2 rings (SSSR count). The Hall–Kier alpha value is -1.65. The molecule has 0 atom stereocenters. The minimum Gasteiger partial charge on any atom is -0.490 e. The molecule has 0 heterocycles. The van der Waals surface area contributed by atoms with Crippen molar-refractivity contribution in [1.82, 2.24) is 0 Å². The first kappa shape index (κ1) is 22.6. The van der Waals surface area contributed by atoms with Crippen molar-refractivity contribution in [2.75, 3.05) is 6.61 Å². The van der Waals surface area contributed by atoms with E-state index in [1.54, 1.807) is 0 Å². The van der Waals surface area contributed by atoms with Gasteiger partial charge in [0.2, 0.25) is 11.6 Å². The molecule has 1 fully saturated rings. The van der Waals surface area contributed by atoms with Crippen LogP contribution in [0.25, 0.3) is 0 Å². The monoisotopic (exact) mass is 396 g/mol. The predicted octanol–water partition coefficient (Wildman–Crippen LogP) is 6.83. The molecule has 3 nitrogen and oxygen atoms in total. The molecule has 0 bridgehead atoms. The average Bonchev–Trinajstić information content (AvgIpc) is 2.71. The Kier molecular flexibility index (Phi) is 9.72. The van der Waals surface area contributed by atoms with E-state index in [1.807, 2.05) is 0 Å². The van der Waals surface area contributed by atoms with Crippen molar-refractivity contribution in [3.8, 4) is 11.5 Å². The molecule has 0 aromatic heterocycles. The minimum absolute atomic E-state index is 0.134. The van der Waals surface area contributed by atoms with Gasteiger partial charge in [0.25, 0.3) is 0 Å². The van der Waals surface area contributed by atoms with Crippen LogP contribution in [0.3, 0.4) is 0 Å². The molecule has 28 heavy (non-hydrogen) atoms. The first-order valence-electron chi connectivity index (χ1n) is 10.9. The lowest BCUT2D eigenvalue weighted by Gasteiger charge is -2.27. The third kappa shape index (κ3) is 6.75. The Morgan fingerprint density at radius 2 is 1.57 bits per heavy atom. The van der Waals surface area contributed by atoms with Crippen molar-refractivity contribution < 1.29 is 23.0 Å². The predicted molar refractivity (Wildman–Crippen MR) is 107 cm³/mol. The Morgan fingerprint density at radius 3 is 2.25 bits per heavy atom. The van der Waals surface area contributed by atoms with Gasteiger partial charge in [0, 0.05) is 0 Å². The summed E-state index contributed by atoms with van der Waals surface area (Å²) in [6.45, 7) is 4.63. The summed E-state index contributed by atoms with van der Waals surface area (Å²) in [5.41, 5.74) is 0. The van der Waals surface area contributed by atoms with Crippen LogP contribution in [-0.4, -0.2) is 12.6 Å². The fraction of sp³-hybridized carbons (Fsp3) is 0.696. The maximum Gasteiger partial charge on any atom is 0.314 e. The molecule has 0 spiro atoms. The van der Waals surface area contributed by atoms with E-state index in [0.29, 0.717) is 12.5 Å². The molecule has 158 valence electrons. The number of ether oxygens (including phenoxy) is 2. The van der Waals surface area contributed by atoms with Gasteiger partial charge in [-0.1, -0.05) is 52.4 Å². The number of benzene rings is 1. The zero-order valence-electron chi connectivity index (χ0n) is 17.3. The summed E-state index contributed by atoms with van der Waals surface area (Å²) >= 11 is 0. The van der Waals surface area contributed by atoms with Gasteiger partial charge in [-0.25, -0.2) is 0 Å². The highest BCUT2D eigenvalue weighted by Crippen LogP contribution is 2.34. The summed E-state index contributed by atoms with van der Waals surface area (Å²) in [7, 11) is 0. The van der Waals surface area contributed by atoms with Crippen LogP contribution in [0.15, 0.2) is 12.1 Å². The maximum atomic E-state index is 14.3. The fourth-order valence-electron chi connectivity index (χ4n) is 3.79. The topological polar surface area (TPSA) is 35.5 Å². The van der Waals surface area contributed by atoms with Crippen molar-refractivity contribution >= 4 is 5.97 Å². The van der Waals surface area contributed by atoms with Gasteiger partial charge in [-0.15, -0.1) is 0 Å². The molecular weight excluding hydrogens is 362 g/mol. The molecule has 1 aromatic rings. The van der Waals surface area contributed by atoms with Crippen LogP contribution in [0.5, 0.6) is 11.5 Å². The number of carbonyl (C=O) groups excluding carboxylic acids is 1. The molecule has 1 aliphatic rings. The lowest BCUT2D eigenvalue weighted by molar-refractivity contribution is -0.140. The normalized spacial score (nSPS) is 19.4. The molecule has 0 N–H and O–H groups in total. The van der Waals surface area contributed by atoms with E-state index < -0.39 is 17.6 Å². The number of unbranched alkanes of at least 4 members (excludes halogenated alkanes) is 4. The summed E-state index contributed by atoms with van der Waals surface area (Å²) < 4.78 is 39.0. The zero-order valence-corrected chi connectivity index (χ0v) is 17.3. The van der Waals surface area contributed by atoms with Gasteiger partial charge in [0.05, 0.1) is 12.5 Å². The first-order chi connectivity index (χ1) is 13.6. The quantitative estimate of drug-likeness (QED) is 0.234. The van der Waals surface area contributed by atoms with Crippen LogP contribution >= 0.6 is 0 Å². The van der Waals surface area contributed by atoms with Gasteiger partial charge < -0.3 is 9.47 Å². The summed E-state index contributed by atoms with van der Waals surface area (Å²) in [5, 5.41) is 0. The fourth-order valence-corrected chi connectivity index (χ4v) is 3.79. The average molecular weight is 397 g/mol. The van der Waals surface area contributed by atoms with E-state index in [4.69, 9.17) is 9.47 Å². The number of carbonyl (C=O) groups is 1. The van der Waals surface area contributed by atoms with Gasteiger partial charge in [-0.2, -0.15) is 8.78 Å². The van der Waals surface area contributed by atoms with Gasteiger partial charge in [0.15, 0.2) is 11.5 Å². The van der Waals surface area contributed by atoms with E-state index in [-0.39, 0.29) is 17.4 Å². The van der Waals surface area contributed by atoms with Gasteiger partial charge >= 0.3 is 5.97 Å². The molecule has 0 radical (unpaired) electrons. The second-order valence-electron chi connectivity index (χ2n) is 7.88. The standard InChI is InChI=1S/C23H34F2O3/c1-3-5-7-8-16-27-19-14-15-20(22(25)21(19)24)28-23(26)18-12-10-17(11-13-18)9-6-4-2/h14-15,17-18H,3-13,16H2,1-2H3. The Labute approximate surface area is 167 Å². The third-order valence-electron chi connectivity index (χ3n) is 5.62. The molecule has 1 saturated carbocycles. The van der Waals surface area contributed by atoms with E-state index in [0.717, 1.165) is 51.4 Å². The van der Waals surface area contributed by atoms with Crippen molar-refractivity contribution in [2.45, 2.75) is 84.5 Å². The summed E-state index contributed by atoms with van der Waals surface area (Å²) in [5.74, 6) is -2.75. The van der Waals surface area contributed by atoms with Crippen LogP contribution in [0, 0.1) is 23.5 Å². The highest BCUT2D eigenvalue weighted by atomic mass is 19.2. The lowest BCUT2D eigenvalue weighted by Crippen LogP contribution is -2.26. The Bertz CT molecular complexity index is 610. The minimum atomic E-state index is -1.16. The largest absolute Gasteiger partial charge is 0.490 e. The number of halogens is 2. The summed E-state index contributed by atoms with van der Waals surface area (Å²) in [6, 6.07) is 2.62. The molecule has 0 unspecified atom stereocenters. The molecule has 0 amide bonds. The molecule has 0 aliphatic heterocycles. The number of hydrogen-bond acceptors (Lipinski definition) is 3. The van der Waals surface area contributed by atoms with E-state index in [9.17, 15) is 13.6 Å². The molecule has 1 aromatic carbocycles. The van der Waals surface area contributed by atoms with Crippen LogP contribution in [0.4, 0.5) is 8.78 Å². The van der Waals surface area contributed by atoms with Crippen LogP contribution in [0.1, 0.15) is 84.5 Å². The maximum absolute atomic E-state index is 14.3. The number of hydrogen-bond donors (Lipinski definition) is 0.